The molecule has 1 N–H and O–H groups in total. The number of halogens is 1. The van der Waals surface area contributed by atoms with Gasteiger partial charge in [0.05, 0.1) is 4.92 Å². The Hall–Kier alpha value is -2.21. The van der Waals surface area contributed by atoms with Gasteiger partial charge in [-0.2, -0.15) is 0 Å². The van der Waals surface area contributed by atoms with Gasteiger partial charge in [-0.15, -0.1) is 0 Å². The largest absolute Gasteiger partial charge is 0.365 e. The number of nitrogens with zero attached hydrogens (tertiary/aromatic N) is 3. The second-order valence-electron chi connectivity index (χ2n) is 4.48. The third kappa shape index (κ3) is 3.66. The van der Waals surface area contributed by atoms with Gasteiger partial charge >= 0.3 is 0 Å². The summed E-state index contributed by atoms with van der Waals surface area (Å²) in [5, 5.41) is 14.5. The monoisotopic (exact) mass is 306 g/mol. The van der Waals surface area contributed by atoms with Crippen LogP contribution < -0.4 is 5.32 Å². The molecule has 0 radical (unpaired) electrons. The van der Waals surface area contributed by atoms with Crippen molar-refractivity contribution in [1.29, 1.82) is 0 Å². The first-order valence-corrected chi connectivity index (χ1v) is 6.96. The molecule has 21 heavy (non-hydrogen) atoms. The molecule has 2 rings (SSSR count). The zero-order valence-corrected chi connectivity index (χ0v) is 12.3. The Balaban J connectivity index is 2.21. The number of nitro benzene ring substituents is 1. The number of aromatic nitrogens is 2. The summed E-state index contributed by atoms with van der Waals surface area (Å²) in [5.74, 6) is 0.620. The van der Waals surface area contributed by atoms with E-state index < -0.39 is 4.92 Å². The normalized spacial score (nSPS) is 10.4. The van der Waals surface area contributed by atoms with Crippen molar-refractivity contribution >= 4 is 23.1 Å². The van der Waals surface area contributed by atoms with E-state index in [9.17, 15) is 10.1 Å². The summed E-state index contributed by atoms with van der Waals surface area (Å²) >= 11 is 6.07. The molecule has 0 aliphatic rings. The van der Waals surface area contributed by atoms with Crippen molar-refractivity contribution in [2.75, 3.05) is 5.32 Å². The van der Waals surface area contributed by atoms with Crippen molar-refractivity contribution in [3.05, 3.63) is 57.0 Å². The standard InChI is InChI=1S/C14H15ClN4O2/c1-2-5-11-13(15)17-9-18-14(11)16-8-10-6-3-4-7-12(10)19(20)21/h3-4,6-7,9H,2,5,8H2,1H3,(H,16,17,18). The molecule has 1 heterocycles. The Bertz CT molecular complexity index is 649. The molecular weight excluding hydrogens is 292 g/mol. The fraction of sp³-hybridized carbons (Fsp3) is 0.286. The van der Waals surface area contributed by atoms with E-state index in [4.69, 9.17) is 11.6 Å². The Morgan fingerprint density at radius 3 is 2.81 bits per heavy atom. The molecule has 0 saturated carbocycles. The van der Waals surface area contributed by atoms with E-state index in [1.807, 2.05) is 6.92 Å². The van der Waals surface area contributed by atoms with Crippen LogP contribution >= 0.6 is 11.6 Å². The molecule has 0 bridgehead atoms. The molecule has 0 amide bonds. The highest BCUT2D eigenvalue weighted by atomic mass is 35.5. The average Bonchev–Trinajstić information content (AvgIpc) is 2.48. The van der Waals surface area contributed by atoms with Gasteiger partial charge in [-0.3, -0.25) is 10.1 Å². The minimum absolute atomic E-state index is 0.0854. The molecule has 1 aromatic carbocycles. The van der Waals surface area contributed by atoms with Crippen molar-refractivity contribution in [3.63, 3.8) is 0 Å². The number of rotatable bonds is 6. The first-order valence-electron chi connectivity index (χ1n) is 6.59. The Labute approximate surface area is 127 Å². The van der Waals surface area contributed by atoms with E-state index in [1.165, 1.54) is 12.4 Å². The van der Waals surface area contributed by atoms with Crippen LogP contribution in [0.25, 0.3) is 0 Å². The molecule has 6 nitrogen and oxygen atoms in total. The van der Waals surface area contributed by atoms with Crippen LogP contribution in [0.1, 0.15) is 24.5 Å². The number of anilines is 1. The number of hydrogen-bond donors (Lipinski definition) is 1. The van der Waals surface area contributed by atoms with Gasteiger partial charge in [0.2, 0.25) is 0 Å². The molecule has 7 heteroatoms. The summed E-state index contributed by atoms with van der Waals surface area (Å²) < 4.78 is 0. The van der Waals surface area contributed by atoms with Gasteiger partial charge < -0.3 is 5.32 Å². The number of hydrogen-bond acceptors (Lipinski definition) is 5. The summed E-state index contributed by atoms with van der Waals surface area (Å²) in [6.07, 6.45) is 3.04. The Morgan fingerprint density at radius 2 is 2.10 bits per heavy atom. The van der Waals surface area contributed by atoms with Crippen LogP contribution in [0.4, 0.5) is 11.5 Å². The van der Waals surface area contributed by atoms with Gasteiger partial charge in [0.15, 0.2) is 0 Å². The Kier molecular flexibility index (Phi) is 5.05. The van der Waals surface area contributed by atoms with Gasteiger partial charge in [-0.25, -0.2) is 9.97 Å². The third-order valence-corrected chi connectivity index (χ3v) is 3.35. The minimum atomic E-state index is -0.392. The maximum Gasteiger partial charge on any atom is 0.274 e. The van der Waals surface area contributed by atoms with Gasteiger partial charge in [0.25, 0.3) is 5.69 Å². The second-order valence-corrected chi connectivity index (χ2v) is 4.84. The van der Waals surface area contributed by atoms with E-state index >= 15 is 0 Å². The Morgan fingerprint density at radius 1 is 1.33 bits per heavy atom. The highest BCUT2D eigenvalue weighted by molar-refractivity contribution is 6.30. The van der Waals surface area contributed by atoms with Crippen LogP contribution in [0, 0.1) is 10.1 Å². The SMILES string of the molecule is CCCc1c(Cl)ncnc1NCc1ccccc1[N+](=O)[O-]. The lowest BCUT2D eigenvalue weighted by atomic mass is 10.1. The van der Waals surface area contributed by atoms with Gasteiger partial charge in [0.1, 0.15) is 17.3 Å². The van der Waals surface area contributed by atoms with Crippen molar-refractivity contribution in [2.24, 2.45) is 0 Å². The lowest BCUT2D eigenvalue weighted by Crippen LogP contribution is -2.07. The van der Waals surface area contributed by atoms with Crippen LogP contribution in [-0.4, -0.2) is 14.9 Å². The van der Waals surface area contributed by atoms with E-state index in [0.717, 1.165) is 18.4 Å². The number of para-hydroxylation sites is 1. The summed E-state index contributed by atoms with van der Waals surface area (Å²) in [6, 6.07) is 6.61. The smallest absolute Gasteiger partial charge is 0.274 e. The molecule has 0 aliphatic heterocycles. The molecular formula is C14H15ClN4O2. The summed E-state index contributed by atoms with van der Waals surface area (Å²) in [5.41, 5.74) is 1.52. The number of benzene rings is 1. The molecule has 0 unspecified atom stereocenters. The van der Waals surface area contributed by atoms with Crippen molar-refractivity contribution in [1.82, 2.24) is 9.97 Å². The highest BCUT2D eigenvalue weighted by Gasteiger charge is 2.14. The zero-order chi connectivity index (χ0) is 15.2. The maximum atomic E-state index is 11.0. The fourth-order valence-electron chi connectivity index (χ4n) is 2.03. The van der Waals surface area contributed by atoms with E-state index in [2.05, 4.69) is 15.3 Å². The summed E-state index contributed by atoms with van der Waals surface area (Å²) in [4.78, 5) is 18.7. The molecule has 2 aromatic rings. The fourth-order valence-corrected chi connectivity index (χ4v) is 2.26. The lowest BCUT2D eigenvalue weighted by Gasteiger charge is -2.11. The quantitative estimate of drug-likeness (QED) is 0.501. The first kappa shape index (κ1) is 15.2. The average molecular weight is 307 g/mol. The third-order valence-electron chi connectivity index (χ3n) is 3.03. The van der Waals surface area contributed by atoms with Crippen LogP contribution in [0.5, 0.6) is 0 Å². The van der Waals surface area contributed by atoms with E-state index in [0.29, 0.717) is 23.1 Å². The van der Waals surface area contributed by atoms with E-state index in [1.54, 1.807) is 18.2 Å². The van der Waals surface area contributed by atoms with Crippen LogP contribution in [0.3, 0.4) is 0 Å². The van der Waals surface area contributed by atoms with Crippen molar-refractivity contribution in [3.8, 4) is 0 Å². The molecule has 0 spiro atoms. The molecule has 0 atom stereocenters. The van der Waals surface area contributed by atoms with Gasteiger partial charge in [0, 0.05) is 23.7 Å². The van der Waals surface area contributed by atoms with Crippen LogP contribution in [0.2, 0.25) is 5.15 Å². The van der Waals surface area contributed by atoms with Crippen molar-refractivity contribution < 1.29 is 4.92 Å². The second kappa shape index (κ2) is 6.99. The van der Waals surface area contributed by atoms with Crippen molar-refractivity contribution in [2.45, 2.75) is 26.3 Å². The lowest BCUT2D eigenvalue weighted by molar-refractivity contribution is -0.385. The van der Waals surface area contributed by atoms with Crippen LogP contribution in [0.15, 0.2) is 30.6 Å². The molecule has 1 aromatic heterocycles. The predicted octanol–water partition coefficient (Wildman–Crippen LogP) is 3.60. The highest BCUT2D eigenvalue weighted by Crippen LogP contribution is 2.23. The summed E-state index contributed by atoms with van der Waals surface area (Å²) in [6.45, 7) is 2.34. The molecule has 0 fully saturated rings. The summed E-state index contributed by atoms with van der Waals surface area (Å²) in [7, 11) is 0. The zero-order valence-electron chi connectivity index (χ0n) is 11.5. The topological polar surface area (TPSA) is 81.0 Å². The molecule has 0 saturated heterocycles. The molecule has 110 valence electrons. The first-order chi connectivity index (χ1) is 10.1. The predicted molar refractivity (Wildman–Crippen MR) is 81.5 cm³/mol. The number of nitro groups is 1. The van der Waals surface area contributed by atoms with E-state index in [-0.39, 0.29) is 5.69 Å². The number of nitrogens with one attached hydrogen (secondary N) is 1. The van der Waals surface area contributed by atoms with Crippen LogP contribution in [-0.2, 0) is 13.0 Å². The minimum Gasteiger partial charge on any atom is -0.365 e. The maximum absolute atomic E-state index is 11.0. The van der Waals surface area contributed by atoms with Gasteiger partial charge in [-0.1, -0.05) is 43.1 Å². The van der Waals surface area contributed by atoms with Gasteiger partial charge in [-0.05, 0) is 6.42 Å². The molecule has 0 aliphatic carbocycles.